The number of hydrogen-bond acceptors (Lipinski definition) is 4. The lowest BCUT2D eigenvalue weighted by molar-refractivity contribution is -0.301. The first-order valence-electron chi connectivity index (χ1n) is 7.86. The minimum Gasteiger partial charge on any atom is -0.476 e. The van der Waals surface area contributed by atoms with E-state index in [2.05, 4.69) is 5.10 Å². The summed E-state index contributed by atoms with van der Waals surface area (Å²) in [5.41, 5.74) is -1.74. The number of alkyl halides is 5. The maximum atomic E-state index is 14.0. The Hall–Kier alpha value is -2.40. The van der Waals surface area contributed by atoms with Crippen LogP contribution in [0.2, 0.25) is 0 Å². The van der Waals surface area contributed by atoms with Gasteiger partial charge in [0.15, 0.2) is 5.69 Å². The van der Waals surface area contributed by atoms with Crippen molar-refractivity contribution >= 4 is 17.9 Å². The van der Waals surface area contributed by atoms with Crippen molar-refractivity contribution in [2.75, 3.05) is 4.90 Å². The van der Waals surface area contributed by atoms with E-state index >= 15 is 0 Å². The van der Waals surface area contributed by atoms with Crippen LogP contribution in [0.3, 0.4) is 0 Å². The van der Waals surface area contributed by atoms with Crippen molar-refractivity contribution in [1.29, 1.82) is 0 Å². The van der Waals surface area contributed by atoms with E-state index in [9.17, 15) is 31.5 Å². The van der Waals surface area contributed by atoms with Gasteiger partial charge in [-0.05, 0) is 34.1 Å². The molecule has 152 valence electrons. The highest BCUT2D eigenvalue weighted by Gasteiger charge is 2.65. The summed E-state index contributed by atoms with van der Waals surface area (Å²) in [5, 5.41) is 12.4. The fourth-order valence-electron chi connectivity index (χ4n) is 2.73. The van der Waals surface area contributed by atoms with Gasteiger partial charge in [0.25, 0.3) is 0 Å². The molecule has 1 aromatic heterocycles. The molecule has 7 nitrogen and oxygen atoms in total. The number of carbonyl (C=O) groups is 2. The Bertz CT molecular complexity index is 754. The molecule has 0 saturated carbocycles. The average Bonchev–Trinajstić information content (AvgIpc) is 2.87. The normalized spacial score (nSPS) is 21.0. The predicted octanol–water partition coefficient (Wildman–Crippen LogP) is 3.85. The topological polar surface area (TPSA) is 84.7 Å². The van der Waals surface area contributed by atoms with E-state index in [-0.39, 0.29) is 4.68 Å². The van der Waals surface area contributed by atoms with Gasteiger partial charge in [-0.2, -0.15) is 27.1 Å². The quantitative estimate of drug-likeness (QED) is 0.764. The largest absolute Gasteiger partial charge is 0.476 e. The lowest BCUT2D eigenvalue weighted by Crippen LogP contribution is -2.53. The second kappa shape index (κ2) is 6.34. The van der Waals surface area contributed by atoms with Crippen molar-refractivity contribution in [2.45, 2.75) is 63.9 Å². The van der Waals surface area contributed by atoms with Gasteiger partial charge < -0.3 is 9.84 Å². The van der Waals surface area contributed by atoms with Crippen LogP contribution in [0.25, 0.3) is 0 Å². The zero-order chi connectivity index (χ0) is 20.9. The van der Waals surface area contributed by atoms with Crippen LogP contribution in [0.1, 0.15) is 50.6 Å². The molecule has 0 aliphatic carbocycles. The molecular formula is C15H18F5N3O4. The van der Waals surface area contributed by atoms with Gasteiger partial charge in [-0.3, -0.25) is 4.90 Å². The molecule has 0 spiro atoms. The fraction of sp³-hybridized carbons (Fsp3) is 0.667. The van der Waals surface area contributed by atoms with Gasteiger partial charge in [-0.25, -0.2) is 14.3 Å². The first-order valence-corrected chi connectivity index (χ1v) is 7.86. The number of carboxylic acid groups (broad SMARTS) is 1. The number of amides is 1. The summed E-state index contributed by atoms with van der Waals surface area (Å²) < 4.78 is 72.0. The molecule has 2 rings (SSSR count). The Kier molecular flexibility index (Phi) is 4.91. The van der Waals surface area contributed by atoms with Crippen LogP contribution in [0.5, 0.6) is 0 Å². The van der Waals surface area contributed by atoms with Crippen molar-refractivity contribution < 1.29 is 41.4 Å². The highest BCUT2D eigenvalue weighted by Crippen LogP contribution is 2.49. The summed E-state index contributed by atoms with van der Waals surface area (Å²) in [6.07, 6.45) is -7.70. The molecule has 12 heteroatoms. The van der Waals surface area contributed by atoms with Gasteiger partial charge in [0, 0.05) is 12.1 Å². The highest BCUT2D eigenvalue weighted by molar-refractivity contribution is 5.91. The summed E-state index contributed by atoms with van der Waals surface area (Å²) in [4.78, 5) is 24.4. The Morgan fingerprint density at radius 3 is 2.22 bits per heavy atom. The Balaban J connectivity index is 2.59. The van der Waals surface area contributed by atoms with Crippen molar-refractivity contribution in [2.24, 2.45) is 0 Å². The molecule has 1 amide bonds. The molecule has 0 saturated heterocycles. The molecule has 1 aliphatic heterocycles. The third-order valence-electron chi connectivity index (χ3n) is 3.87. The number of hydrogen-bond donors (Lipinski definition) is 1. The number of ether oxygens (including phenoxy) is 1. The van der Waals surface area contributed by atoms with E-state index in [1.807, 2.05) is 0 Å². The Morgan fingerprint density at radius 2 is 1.78 bits per heavy atom. The lowest BCUT2D eigenvalue weighted by Gasteiger charge is -2.41. The maximum absolute atomic E-state index is 14.0. The molecule has 1 aliphatic rings. The number of anilines is 1. The van der Waals surface area contributed by atoms with Gasteiger partial charge in [-0.1, -0.05) is 0 Å². The zero-order valence-electron chi connectivity index (χ0n) is 14.8. The number of carbonyl (C=O) groups excluding carboxylic acids is 1. The van der Waals surface area contributed by atoms with Gasteiger partial charge in [0.1, 0.15) is 17.5 Å². The first kappa shape index (κ1) is 20.9. The number of fused-ring (bicyclic) bond motifs is 1. The van der Waals surface area contributed by atoms with Gasteiger partial charge in [-0.15, -0.1) is 0 Å². The second-order valence-corrected chi connectivity index (χ2v) is 7.21. The van der Waals surface area contributed by atoms with Crippen LogP contribution >= 0.6 is 0 Å². The van der Waals surface area contributed by atoms with Crippen LogP contribution in [-0.4, -0.2) is 50.7 Å². The van der Waals surface area contributed by atoms with Crippen molar-refractivity contribution in [1.82, 2.24) is 9.78 Å². The molecular weight excluding hydrogens is 381 g/mol. The average molecular weight is 399 g/mol. The smallest absolute Gasteiger partial charge is 0.455 e. The summed E-state index contributed by atoms with van der Waals surface area (Å²) in [6.45, 7) is 5.89. The second-order valence-electron chi connectivity index (χ2n) is 7.21. The van der Waals surface area contributed by atoms with E-state index in [0.717, 1.165) is 11.0 Å². The summed E-state index contributed by atoms with van der Waals surface area (Å²) in [6, 6.07) is -2.86. The number of nitrogens with zero attached hydrogens (tertiary/aromatic N) is 3. The van der Waals surface area contributed by atoms with Crippen molar-refractivity contribution in [3.63, 3.8) is 0 Å². The molecule has 2 heterocycles. The zero-order valence-corrected chi connectivity index (χ0v) is 14.8. The SMILES string of the molecule is C[C@@H]1C[C@H](C(F)(F)C(F)(F)F)n2nc(C(=O)O)cc2N1C(=O)OC(C)(C)C. The summed E-state index contributed by atoms with van der Waals surface area (Å²) in [5.74, 6) is -7.32. The van der Waals surface area contributed by atoms with E-state index in [1.165, 1.54) is 6.92 Å². The van der Waals surface area contributed by atoms with E-state index in [1.54, 1.807) is 20.8 Å². The van der Waals surface area contributed by atoms with Gasteiger partial charge in [0.2, 0.25) is 0 Å². The Morgan fingerprint density at radius 1 is 1.22 bits per heavy atom. The molecule has 1 N–H and O–H groups in total. The number of rotatable bonds is 2. The van der Waals surface area contributed by atoms with Crippen LogP contribution in [0.15, 0.2) is 6.07 Å². The van der Waals surface area contributed by atoms with Crippen LogP contribution in [-0.2, 0) is 4.74 Å². The monoisotopic (exact) mass is 399 g/mol. The number of halogens is 5. The third-order valence-corrected chi connectivity index (χ3v) is 3.87. The third kappa shape index (κ3) is 3.83. The molecule has 2 atom stereocenters. The van der Waals surface area contributed by atoms with Gasteiger partial charge >= 0.3 is 24.2 Å². The van der Waals surface area contributed by atoms with E-state index in [4.69, 9.17) is 9.84 Å². The van der Waals surface area contributed by atoms with Crippen molar-refractivity contribution in [3.05, 3.63) is 11.8 Å². The number of carboxylic acids is 1. The fourth-order valence-corrected chi connectivity index (χ4v) is 2.73. The van der Waals surface area contributed by atoms with Crippen LogP contribution < -0.4 is 4.90 Å². The molecule has 27 heavy (non-hydrogen) atoms. The molecule has 0 aromatic carbocycles. The maximum Gasteiger partial charge on any atom is 0.455 e. The molecule has 0 bridgehead atoms. The lowest BCUT2D eigenvalue weighted by atomic mass is 9.98. The van der Waals surface area contributed by atoms with Crippen LogP contribution in [0.4, 0.5) is 32.6 Å². The first-order chi connectivity index (χ1) is 12.1. The summed E-state index contributed by atoms with van der Waals surface area (Å²) in [7, 11) is 0. The number of aromatic nitrogens is 2. The Labute approximate surface area is 150 Å². The van der Waals surface area contributed by atoms with Gasteiger partial charge in [0.05, 0.1) is 0 Å². The highest BCUT2D eigenvalue weighted by atomic mass is 19.4. The number of aromatic carboxylic acids is 1. The van der Waals surface area contributed by atoms with E-state index in [0.29, 0.717) is 0 Å². The molecule has 0 radical (unpaired) electrons. The van der Waals surface area contributed by atoms with Crippen LogP contribution in [0, 0.1) is 0 Å². The van der Waals surface area contributed by atoms with E-state index < -0.39 is 59.8 Å². The molecule has 0 fully saturated rings. The predicted molar refractivity (Wildman–Crippen MR) is 82.0 cm³/mol. The van der Waals surface area contributed by atoms with Crippen molar-refractivity contribution in [3.8, 4) is 0 Å². The minimum atomic E-state index is -5.88. The molecule has 0 unspecified atom stereocenters. The minimum absolute atomic E-state index is 0.237. The molecule has 1 aromatic rings. The summed E-state index contributed by atoms with van der Waals surface area (Å²) >= 11 is 0. The standard InChI is InChI=1S/C15H18F5N3O4/c1-7-5-9(14(16,17)15(18,19)20)23-10(6-8(21-23)11(24)25)22(7)12(26)27-13(2,3)4/h6-7,9H,5H2,1-4H3,(H,24,25)/t7-,9-/m1/s1.